The van der Waals surface area contributed by atoms with Gasteiger partial charge in [-0.3, -0.25) is 9.48 Å². The molecule has 0 radical (unpaired) electrons. The molecule has 1 fully saturated rings. The third kappa shape index (κ3) is 4.12. The summed E-state index contributed by atoms with van der Waals surface area (Å²) in [6.07, 6.45) is 2.97. The van der Waals surface area contributed by atoms with Gasteiger partial charge in [0.15, 0.2) is 0 Å². The number of carbonyl (C=O) groups is 1. The first-order chi connectivity index (χ1) is 16.2. The van der Waals surface area contributed by atoms with Crippen LogP contribution < -0.4 is 5.73 Å². The van der Waals surface area contributed by atoms with Gasteiger partial charge in [-0.2, -0.15) is 5.10 Å². The van der Waals surface area contributed by atoms with E-state index in [1.807, 2.05) is 0 Å². The highest BCUT2D eigenvalue weighted by atomic mass is 32.5. The van der Waals surface area contributed by atoms with E-state index in [4.69, 9.17) is 10.5 Å². The van der Waals surface area contributed by atoms with Gasteiger partial charge < -0.3 is 15.4 Å². The monoisotopic (exact) mass is 514 g/mol. The number of amides is 1. The average molecular weight is 514 g/mol. The van der Waals surface area contributed by atoms with Gasteiger partial charge in [0, 0.05) is 19.0 Å². The molecule has 1 atom stereocenters. The van der Waals surface area contributed by atoms with E-state index in [0.717, 1.165) is 12.1 Å². The summed E-state index contributed by atoms with van der Waals surface area (Å²) >= 11 is 0. The molecule has 8 nitrogen and oxygen atoms in total. The Morgan fingerprint density at radius 1 is 1.11 bits per heavy atom. The molecular formula is C21H19F5N6O2S. The molecule has 3 aromatic heterocycles. The Morgan fingerprint density at radius 3 is 2.51 bits per heavy atom. The highest BCUT2D eigenvalue weighted by Gasteiger charge is 2.65. The van der Waals surface area contributed by atoms with Gasteiger partial charge >= 0.3 is 10.2 Å². The largest absolute Gasteiger partial charge is 0.383 e. The molecule has 1 aliphatic heterocycles. The first-order valence-electron chi connectivity index (χ1n) is 10.3. The Balaban J connectivity index is 1.52. The number of nitrogens with zero attached hydrogens (tertiary/aromatic N) is 5. The van der Waals surface area contributed by atoms with Crippen LogP contribution in [0.1, 0.15) is 22.1 Å². The second kappa shape index (κ2) is 7.01. The minimum absolute atomic E-state index is 0.0147. The van der Waals surface area contributed by atoms with Crippen LogP contribution in [0.4, 0.5) is 25.2 Å². The zero-order valence-electron chi connectivity index (χ0n) is 18.2. The summed E-state index contributed by atoms with van der Waals surface area (Å²) in [5.41, 5.74) is 7.41. The fraction of sp³-hybridized carbons (Fsp3) is 0.238. The SMILES string of the molecule is Cn1ncc2c(N)nc3cnc(C(=O)N4CCOC[C@@H]4c4ccc(S(F)(F)(F)(F)F)cc4)cc3c21. The van der Waals surface area contributed by atoms with Crippen LogP contribution in [0, 0.1) is 0 Å². The molecule has 4 heterocycles. The lowest BCUT2D eigenvalue weighted by Gasteiger charge is -2.41. The van der Waals surface area contributed by atoms with E-state index >= 15 is 0 Å². The second-order valence-corrected chi connectivity index (χ2v) is 10.7. The molecule has 1 aliphatic rings. The molecule has 4 aromatic rings. The lowest BCUT2D eigenvalue weighted by atomic mass is 10.0. The highest BCUT2D eigenvalue weighted by molar-refractivity contribution is 8.45. The summed E-state index contributed by atoms with van der Waals surface area (Å²) in [6, 6.07) is 3.30. The predicted octanol–water partition coefficient (Wildman–Crippen LogP) is 4.97. The van der Waals surface area contributed by atoms with Crippen LogP contribution in [0.5, 0.6) is 0 Å². The van der Waals surface area contributed by atoms with Crippen molar-refractivity contribution in [1.29, 1.82) is 0 Å². The van der Waals surface area contributed by atoms with Crippen molar-refractivity contribution in [1.82, 2.24) is 24.6 Å². The molecule has 0 unspecified atom stereocenters. The van der Waals surface area contributed by atoms with E-state index in [-0.39, 0.29) is 36.8 Å². The maximum atomic E-state index is 13.4. The van der Waals surface area contributed by atoms with Gasteiger partial charge in [0.05, 0.1) is 48.1 Å². The summed E-state index contributed by atoms with van der Waals surface area (Å²) < 4.78 is 72.5. The van der Waals surface area contributed by atoms with Crippen LogP contribution >= 0.6 is 10.2 Å². The van der Waals surface area contributed by atoms with Crippen molar-refractivity contribution in [2.75, 3.05) is 25.5 Å². The van der Waals surface area contributed by atoms with E-state index in [0.29, 0.717) is 33.9 Å². The number of hydrogen-bond donors (Lipinski definition) is 1. The molecule has 2 N–H and O–H groups in total. The van der Waals surface area contributed by atoms with Crippen molar-refractivity contribution in [3.8, 4) is 0 Å². The molecule has 0 spiro atoms. The number of ether oxygens (including phenoxy) is 1. The maximum Gasteiger partial charge on any atom is 0.310 e. The molecule has 1 saturated heterocycles. The van der Waals surface area contributed by atoms with E-state index in [9.17, 15) is 24.2 Å². The number of benzene rings is 1. The third-order valence-electron chi connectivity index (χ3n) is 5.91. The fourth-order valence-electron chi connectivity index (χ4n) is 4.20. The molecule has 0 aliphatic carbocycles. The normalized spacial score (nSPS) is 19.0. The molecule has 14 heteroatoms. The quantitative estimate of drug-likeness (QED) is 0.388. The first-order valence-corrected chi connectivity index (χ1v) is 12.3. The number of halogens is 5. The topological polar surface area (TPSA) is 99.2 Å². The van der Waals surface area contributed by atoms with Gasteiger partial charge in [-0.1, -0.05) is 31.6 Å². The average Bonchev–Trinajstić information content (AvgIpc) is 3.20. The van der Waals surface area contributed by atoms with Crippen LogP contribution in [-0.2, 0) is 11.8 Å². The number of nitrogens with two attached hydrogens (primary N) is 1. The lowest BCUT2D eigenvalue weighted by Crippen LogP contribution is -2.43. The zero-order valence-corrected chi connectivity index (χ0v) is 19.0. The predicted molar refractivity (Wildman–Crippen MR) is 121 cm³/mol. The Labute approximate surface area is 195 Å². The molecule has 35 heavy (non-hydrogen) atoms. The summed E-state index contributed by atoms with van der Waals surface area (Å²) in [4.78, 5) is 21.3. The van der Waals surface area contributed by atoms with Gasteiger partial charge in [0.2, 0.25) is 0 Å². The van der Waals surface area contributed by atoms with E-state index in [1.165, 1.54) is 11.1 Å². The highest BCUT2D eigenvalue weighted by Crippen LogP contribution is 3.02. The molecule has 0 bridgehead atoms. The third-order valence-corrected chi connectivity index (χ3v) is 7.08. The standard InChI is InChI=1S/C21H19F5N6O2S/c1-31-19-14-8-16(28-10-17(14)30-20(27)15(19)9-29-31)21(33)32-6-7-34-11-18(32)12-2-4-13(5-3-12)35(22,23,24,25)26/h2-5,8-10,18H,6-7,11H2,1H3,(H2,27,30)/t18-/m1/s1. The second-order valence-electron chi connectivity index (χ2n) is 8.24. The van der Waals surface area contributed by atoms with Gasteiger partial charge in [-0.25, -0.2) is 9.97 Å². The summed E-state index contributed by atoms with van der Waals surface area (Å²) in [5, 5.41) is 5.39. The fourth-order valence-corrected chi connectivity index (χ4v) is 4.85. The number of nitrogen functional groups attached to an aromatic ring is 1. The Morgan fingerprint density at radius 2 is 1.83 bits per heavy atom. The zero-order chi connectivity index (χ0) is 25.2. The molecule has 186 valence electrons. The van der Waals surface area contributed by atoms with Gasteiger partial charge in [-0.15, -0.1) is 0 Å². The molecular weight excluding hydrogens is 495 g/mol. The summed E-state index contributed by atoms with van der Waals surface area (Å²) in [7, 11) is -8.09. The lowest BCUT2D eigenvalue weighted by molar-refractivity contribution is -0.00301. The number of pyridine rings is 2. The van der Waals surface area contributed by atoms with Crippen LogP contribution in [0.3, 0.4) is 0 Å². The number of carbonyl (C=O) groups excluding carboxylic acids is 1. The van der Waals surface area contributed by atoms with Gasteiger partial charge in [0.1, 0.15) is 16.4 Å². The van der Waals surface area contributed by atoms with Crippen molar-refractivity contribution in [2.24, 2.45) is 7.05 Å². The number of fused-ring (bicyclic) bond motifs is 3. The van der Waals surface area contributed by atoms with Gasteiger partial charge in [-0.05, 0) is 23.8 Å². The smallest absolute Gasteiger partial charge is 0.310 e. The van der Waals surface area contributed by atoms with Gasteiger partial charge in [0.25, 0.3) is 5.91 Å². The van der Waals surface area contributed by atoms with E-state index in [1.54, 1.807) is 24.0 Å². The number of rotatable bonds is 3. The van der Waals surface area contributed by atoms with Crippen molar-refractivity contribution >= 4 is 43.8 Å². The summed E-state index contributed by atoms with van der Waals surface area (Å²) in [5.74, 6) is -0.228. The Kier molecular flexibility index (Phi) is 4.65. The molecule has 0 saturated carbocycles. The Hall–Kier alpha value is -3.52. The van der Waals surface area contributed by atoms with Crippen molar-refractivity contribution in [3.05, 3.63) is 54.0 Å². The number of aryl methyl sites for hydroxylation is 1. The van der Waals surface area contributed by atoms with Crippen LogP contribution in [0.25, 0.3) is 21.8 Å². The molecule has 5 rings (SSSR count). The summed E-state index contributed by atoms with van der Waals surface area (Å²) in [6.45, 7) is 0.316. The number of morpholine rings is 1. The minimum Gasteiger partial charge on any atom is -0.383 e. The van der Waals surface area contributed by atoms with Crippen molar-refractivity contribution < 1.29 is 29.0 Å². The number of anilines is 1. The first kappa shape index (κ1) is 23.2. The van der Waals surface area contributed by atoms with E-state index < -0.39 is 27.1 Å². The van der Waals surface area contributed by atoms with Crippen LogP contribution in [0.15, 0.2) is 47.6 Å². The molecule has 1 aromatic carbocycles. The van der Waals surface area contributed by atoms with Crippen LogP contribution in [-0.4, -0.2) is 50.3 Å². The minimum atomic E-state index is -9.81. The number of aromatic nitrogens is 4. The Bertz CT molecular complexity index is 1490. The van der Waals surface area contributed by atoms with Crippen molar-refractivity contribution in [2.45, 2.75) is 10.9 Å². The maximum absolute atomic E-state index is 13.4. The van der Waals surface area contributed by atoms with Crippen LogP contribution in [0.2, 0.25) is 0 Å². The number of hydrogen-bond acceptors (Lipinski definition) is 6. The van der Waals surface area contributed by atoms with E-state index in [2.05, 4.69) is 15.1 Å². The van der Waals surface area contributed by atoms with Crippen molar-refractivity contribution in [3.63, 3.8) is 0 Å². The molecule has 1 amide bonds.